The lowest BCUT2D eigenvalue weighted by Crippen LogP contribution is -2.25. The van der Waals surface area contributed by atoms with Crippen LogP contribution >= 0.6 is 0 Å². The zero-order chi connectivity index (χ0) is 34.7. The third-order valence-electron chi connectivity index (χ3n) is 6.80. The van der Waals surface area contributed by atoms with Crippen molar-refractivity contribution >= 4 is 0 Å². The molecular weight excluding hydrogens is 649 g/mol. The second-order valence-electron chi connectivity index (χ2n) is 10.4. The second-order valence-corrected chi connectivity index (χ2v) is 10.4. The van der Waals surface area contributed by atoms with Gasteiger partial charge in [-0.1, -0.05) is 43.7 Å². The summed E-state index contributed by atoms with van der Waals surface area (Å²) < 4.78 is 162. The molecule has 47 heavy (non-hydrogen) atoms. The van der Waals surface area contributed by atoms with Gasteiger partial charge in [-0.05, 0) is 72.9 Å². The average Bonchev–Trinajstić information content (AvgIpc) is 2.93. The Morgan fingerprint density at radius 2 is 1.30 bits per heavy atom. The van der Waals surface area contributed by atoms with Gasteiger partial charge in [0.15, 0.2) is 11.6 Å². The number of alkyl halides is 5. The summed E-state index contributed by atoms with van der Waals surface area (Å²) in [5.74, 6) is -7.39. The third kappa shape index (κ3) is 8.55. The second kappa shape index (κ2) is 13.9. The van der Waals surface area contributed by atoms with E-state index in [1.807, 2.05) is 6.92 Å². The maximum absolute atomic E-state index is 15.0. The molecule has 0 unspecified atom stereocenters. The van der Waals surface area contributed by atoms with Gasteiger partial charge in [-0.3, -0.25) is 0 Å². The van der Waals surface area contributed by atoms with E-state index >= 15 is 8.78 Å². The molecule has 4 aromatic carbocycles. The number of benzene rings is 4. The zero-order valence-electron chi connectivity index (χ0n) is 24.5. The Balaban J connectivity index is 1.57. The molecule has 0 aromatic heterocycles. The fraction of sp³-hybridized carbons (Fsp3) is 0.235. The van der Waals surface area contributed by atoms with Gasteiger partial charge in [-0.15, -0.1) is 13.2 Å². The predicted molar refractivity (Wildman–Crippen MR) is 150 cm³/mol. The molecule has 0 aliphatic rings. The number of unbranched alkanes of at least 4 members (excludes halogenated alkanes) is 2. The van der Waals surface area contributed by atoms with Crippen LogP contribution in [0.1, 0.15) is 54.0 Å². The summed E-state index contributed by atoms with van der Waals surface area (Å²) in [4.78, 5) is 0. The van der Waals surface area contributed by atoms with Crippen LogP contribution in [-0.4, -0.2) is 6.36 Å². The first-order valence-corrected chi connectivity index (χ1v) is 13.9. The fourth-order valence-corrected chi connectivity index (χ4v) is 4.64. The number of ether oxygens (including phenoxy) is 2. The Bertz CT molecular complexity index is 1780. The van der Waals surface area contributed by atoms with Crippen molar-refractivity contribution in [3.63, 3.8) is 0 Å². The van der Waals surface area contributed by atoms with Crippen LogP contribution in [0.4, 0.5) is 48.3 Å². The number of aryl methyl sites for hydroxylation is 2. The van der Waals surface area contributed by atoms with E-state index in [9.17, 15) is 39.5 Å². The molecule has 0 aliphatic heterocycles. The molecule has 0 spiro atoms. The van der Waals surface area contributed by atoms with Crippen LogP contribution in [0.25, 0.3) is 11.1 Å². The maximum atomic E-state index is 15.0. The molecule has 0 saturated carbocycles. The minimum atomic E-state index is -5.38. The first kappa shape index (κ1) is 35.1. The van der Waals surface area contributed by atoms with Crippen LogP contribution in [0.3, 0.4) is 0 Å². The van der Waals surface area contributed by atoms with Crippen LogP contribution in [-0.2, 0) is 12.5 Å². The molecule has 0 atom stereocenters. The van der Waals surface area contributed by atoms with Crippen LogP contribution in [0.15, 0.2) is 54.6 Å². The molecule has 0 heterocycles. The Kier molecular flexibility index (Phi) is 10.4. The normalized spacial score (nSPS) is 11.7. The van der Waals surface area contributed by atoms with Crippen LogP contribution in [0.2, 0.25) is 0 Å². The molecular formula is C34H23F11O2. The van der Waals surface area contributed by atoms with Crippen molar-refractivity contribution in [2.45, 2.75) is 52.0 Å². The Labute approximate surface area is 261 Å². The molecule has 0 saturated heterocycles. The first-order chi connectivity index (χ1) is 22.0. The van der Waals surface area contributed by atoms with Gasteiger partial charge in [0.1, 0.15) is 34.6 Å². The van der Waals surface area contributed by atoms with Gasteiger partial charge in [0, 0.05) is 17.2 Å². The molecule has 2 nitrogen and oxygen atoms in total. The summed E-state index contributed by atoms with van der Waals surface area (Å²) in [6.07, 6.45) is -6.79. The minimum absolute atomic E-state index is 0.161. The van der Waals surface area contributed by atoms with E-state index in [2.05, 4.69) is 21.3 Å². The number of hydrogen-bond donors (Lipinski definition) is 0. The summed E-state index contributed by atoms with van der Waals surface area (Å²) in [5, 5.41) is 0. The van der Waals surface area contributed by atoms with E-state index in [1.54, 1.807) is 6.07 Å². The maximum Gasteiger partial charge on any atom is 0.573 e. The standard InChI is InChI=1S/C34H23F11O2/c1-3-4-5-6-19-7-10-24(25(35)12-19)21-15-27(37)31(28(38)16-21)33(41,42)46-22-11-18(2)23(26(36)17-22)9-8-20-13-29(39)32(30(40)14-20)47-34(43,44)45/h7,10-17H,3-6H2,1-2H3. The molecule has 13 heteroatoms. The van der Waals surface area contributed by atoms with E-state index in [1.165, 1.54) is 19.1 Å². The van der Waals surface area contributed by atoms with E-state index in [4.69, 9.17) is 0 Å². The molecule has 248 valence electrons. The van der Waals surface area contributed by atoms with Gasteiger partial charge >= 0.3 is 12.5 Å². The summed E-state index contributed by atoms with van der Waals surface area (Å²) in [5.41, 5.74) is -2.87. The number of rotatable bonds is 9. The minimum Gasteiger partial charge on any atom is -0.429 e. The highest BCUT2D eigenvalue weighted by atomic mass is 19.4. The van der Waals surface area contributed by atoms with Gasteiger partial charge in [-0.2, -0.15) is 8.78 Å². The molecule has 0 aliphatic carbocycles. The summed E-state index contributed by atoms with van der Waals surface area (Å²) in [6, 6.07) is 7.14. The zero-order valence-corrected chi connectivity index (χ0v) is 24.5. The first-order valence-electron chi connectivity index (χ1n) is 13.9. The highest BCUT2D eigenvalue weighted by Gasteiger charge is 2.41. The van der Waals surface area contributed by atoms with Crippen LogP contribution < -0.4 is 9.47 Å². The van der Waals surface area contributed by atoms with Crippen molar-refractivity contribution in [3.8, 4) is 34.5 Å². The lowest BCUT2D eigenvalue weighted by atomic mass is 9.99. The average molecular weight is 673 g/mol. The van der Waals surface area contributed by atoms with Gasteiger partial charge in [0.25, 0.3) is 0 Å². The summed E-state index contributed by atoms with van der Waals surface area (Å²) >= 11 is 0. The lowest BCUT2D eigenvalue weighted by Gasteiger charge is -2.20. The van der Waals surface area contributed by atoms with Crippen molar-refractivity contribution in [1.29, 1.82) is 0 Å². The van der Waals surface area contributed by atoms with Gasteiger partial charge in [0.2, 0.25) is 5.75 Å². The van der Waals surface area contributed by atoms with E-state index in [0.29, 0.717) is 42.3 Å². The van der Waals surface area contributed by atoms with Crippen molar-refractivity contribution in [1.82, 2.24) is 0 Å². The summed E-state index contributed by atoms with van der Waals surface area (Å²) in [7, 11) is 0. The highest BCUT2D eigenvalue weighted by Crippen LogP contribution is 2.38. The van der Waals surface area contributed by atoms with Crippen LogP contribution in [0.5, 0.6) is 11.5 Å². The monoisotopic (exact) mass is 672 g/mol. The van der Waals surface area contributed by atoms with Crippen molar-refractivity contribution in [2.24, 2.45) is 0 Å². The predicted octanol–water partition coefficient (Wildman–Crippen LogP) is 10.7. The Morgan fingerprint density at radius 1 is 0.660 bits per heavy atom. The molecule has 4 aromatic rings. The van der Waals surface area contributed by atoms with Crippen molar-refractivity contribution in [2.75, 3.05) is 0 Å². The highest BCUT2D eigenvalue weighted by molar-refractivity contribution is 5.65. The van der Waals surface area contributed by atoms with Gasteiger partial charge in [-0.25, -0.2) is 26.3 Å². The number of hydrogen-bond acceptors (Lipinski definition) is 2. The Morgan fingerprint density at radius 3 is 1.85 bits per heavy atom. The van der Waals surface area contributed by atoms with Gasteiger partial charge < -0.3 is 9.47 Å². The third-order valence-corrected chi connectivity index (χ3v) is 6.80. The van der Waals surface area contributed by atoms with Crippen molar-refractivity contribution < 1.29 is 57.8 Å². The summed E-state index contributed by atoms with van der Waals surface area (Å²) in [6.45, 7) is 3.18. The molecule has 4 rings (SSSR count). The van der Waals surface area contributed by atoms with Gasteiger partial charge in [0.05, 0.1) is 5.56 Å². The lowest BCUT2D eigenvalue weighted by molar-refractivity contribution is -0.276. The van der Waals surface area contributed by atoms with Crippen molar-refractivity contribution in [3.05, 3.63) is 117 Å². The van der Waals surface area contributed by atoms with Crippen LogP contribution in [0, 0.1) is 53.7 Å². The molecule has 0 N–H and O–H groups in total. The largest absolute Gasteiger partial charge is 0.573 e. The molecule has 0 amide bonds. The van der Waals surface area contributed by atoms with E-state index < -0.39 is 75.6 Å². The molecule has 0 bridgehead atoms. The quantitative estimate of drug-likeness (QED) is 0.100. The smallest absolute Gasteiger partial charge is 0.429 e. The SMILES string of the molecule is CCCCCc1ccc(-c2cc(F)c(C(F)(F)Oc3cc(C)c(C#Cc4cc(F)c(OC(F)(F)F)c(F)c4)c(F)c3)c(F)c2)c(F)c1. The van der Waals surface area contributed by atoms with E-state index in [0.717, 1.165) is 25.3 Å². The Hall–Kier alpha value is -4.73. The number of halogens is 11. The topological polar surface area (TPSA) is 18.5 Å². The molecule has 0 radical (unpaired) electrons. The fourth-order valence-electron chi connectivity index (χ4n) is 4.64. The van der Waals surface area contributed by atoms with E-state index in [-0.39, 0.29) is 16.7 Å². The molecule has 0 fully saturated rings.